The molecule has 4 heteroatoms. The van der Waals surface area contributed by atoms with Crippen LogP contribution in [0.25, 0.3) is 0 Å². The molecule has 2 N–H and O–H groups in total. The van der Waals surface area contributed by atoms with E-state index in [0.29, 0.717) is 18.7 Å². The Morgan fingerprint density at radius 2 is 2.00 bits per heavy atom. The summed E-state index contributed by atoms with van der Waals surface area (Å²) in [6.07, 6.45) is 5.71. The van der Waals surface area contributed by atoms with Crippen LogP contribution in [-0.2, 0) is 0 Å². The third-order valence-corrected chi connectivity index (χ3v) is 3.94. The normalized spacial score (nSPS) is 22.6. The standard InChI is InChI=1S/C16H27N3O/c1-3-12-19(14-10-8-13(17)9-11-14)15-6-5-7-16(18-15)20-4-2/h5-7,13-14H,3-4,8-12,17H2,1-2H3. The maximum atomic E-state index is 6.02. The van der Waals surface area contributed by atoms with E-state index in [2.05, 4.69) is 22.9 Å². The number of nitrogens with two attached hydrogens (primary N) is 1. The fourth-order valence-corrected chi connectivity index (χ4v) is 2.93. The molecule has 20 heavy (non-hydrogen) atoms. The van der Waals surface area contributed by atoms with Crippen LogP contribution in [0.1, 0.15) is 46.0 Å². The lowest BCUT2D eigenvalue weighted by Gasteiger charge is -2.37. The van der Waals surface area contributed by atoms with Gasteiger partial charge in [-0.1, -0.05) is 13.0 Å². The molecule has 0 atom stereocenters. The molecule has 0 aromatic carbocycles. The summed E-state index contributed by atoms with van der Waals surface area (Å²) >= 11 is 0. The summed E-state index contributed by atoms with van der Waals surface area (Å²) in [5.74, 6) is 1.76. The topological polar surface area (TPSA) is 51.4 Å². The van der Waals surface area contributed by atoms with Gasteiger partial charge in [0.15, 0.2) is 0 Å². The van der Waals surface area contributed by atoms with Crippen molar-refractivity contribution in [3.05, 3.63) is 18.2 Å². The minimum absolute atomic E-state index is 0.387. The van der Waals surface area contributed by atoms with Crippen LogP contribution >= 0.6 is 0 Å². The van der Waals surface area contributed by atoms with Gasteiger partial charge in [-0.05, 0) is 45.1 Å². The zero-order valence-electron chi connectivity index (χ0n) is 12.7. The number of aromatic nitrogens is 1. The predicted molar refractivity (Wildman–Crippen MR) is 83.3 cm³/mol. The summed E-state index contributed by atoms with van der Waals surface area (Å²) in [5.41, 5.74) is 6.02. The highest BCUT2D eigenvalue weighted by Gasteiger charge is 2.24. The summed E-state index contributed by atoms with van der Waals surface area (Å²) < 4.78 is 5.52. The lowest BCUT2D eigenvalue weighted by Crippen LogP contribution is -2.41. The summed E-state index contributed by atoms with van der Waals surface area (Å²) in [6, 6.07) is 7.00. The van der Waals surface area contributed by atoms with Gasteiger partial charge in [-0.2, -0.15) is 4.98 Å². The van der Waals surface area contributed by atoms with Crippen molar-refractivity contribution in [1.82, 2.24) is 4.98 Å². The molecule has 0 aliphatic heterocycles. The van der Waals surface area contributed by atoms with Gasteiger partial charge in [0.2, 0.25) is 5.88 Å². The quantitative estimate of drug-likeness (QED) is 0.868. The Labute approximate surface area is 122 Å². The second kappa shape index (κ2) is 7.48. The second-order valence-corrected chi connectivity index (χ2v) is 5.53. The van der Waals surface area contributed by atoms with E-state index in [1.165, 1.54) is 12.8 Å². The molecule has 0 spiro atoms. The van der Waals surface area contributed by atoms with Crippen molar-refractivity contribution in [3.8, 4) is 5.88 Å². The molecule has 0 bridgehead atoms. The first-order valence-electron chi connectivity index (χ1n) is 7.86. The minimum Gasteiger partial charge on any atom is -0.478 e. The van der Waals surface area contributed by atoms with Crippen molar-refractivity contribution in [2.75, 3.05) is 18.1 Å². The smallest absolute Gasteiger partial charge is 0.215 e. The van der Waals surface area contributed by atoms with Crippen molar-refractivity contribution in [3.63, 3.8) is 0 Å². The van der Waals surface area contributed by atoms with E-state index in [-0.39, 0.29) is 0 Å². The molecule has 1 aromatic rings. The van der Waals surface area contributed by atoms with E-state index in [0.717, 1.165) is 37.5 Å². The van der Waals surface area contributed by atoms with Gasteiger partial charge >= 0.3 is 0 Å². The third kappa shape index (κ3) is 3.85. The fraction of sp³-hybridized carbons (Fsp3) is 0.688. The number of hydrogen-bond donors (Lipinski definition) is 1. The second-order valence-electron chi connectivity index (χ2n) is 5.53. The number of nitrogens with zero attached hydrogens (tertiary/aromatic N) is 2. The van der Waals surface area contributed by atoms with Crippen molar-refractivity contribution in [2.24, 2.45) is 5.73 Å². The van der Waals surface area contributed by atoms with Gasteiger partial charge in [0.05, 0.1) is 6.61 Å². The SMILES string of the molecule is CCCN(c1cccc(OCC)n1)C1CCC(N)CC1. The molecule has 112 valence electrons. The maximum absolute atomic E-state index is 6.02. The summed E-state index contributed by atoms with van der Waals surface area (Å²) in [5, 5.41) is 0. The lowest BCUT2D eigenvalue weighted by atomic mass is 9.90. The Morgan fingerprint density at radius 3 is 2.65 bits per heavy atom. The fourth-order valence-electron chi connectivity index (χ4n) is 2.93. The molecule has 0 unspecified atom stereocenters. The lowest BCUT2D eigenvalue weighted by molar-refractivity contribution is 0.325. The maximum Gasteiger partial charge on any atom is 0.215 e. The van der Waals surface area contributed by atoms with E-state index in [1.54, 1.807) is 0 Å². The zero-order valence-corrected chi connectivity index (χ0v) is 12.7. The molecule has 1 heterocycles. The number of anilines is 1. The van der Waals surface area contributed by atoms with Gasteiger partial charge in [-0.3, -0.25) is 0 Å². The van der Waals surface area contributed by atoms with Crippen LogP contribution in [-0.4, -0.2) is 30.2 Å². The third-order valence-electron chi connectivity index (χ3n) is 3.94. The van der Waals surface area contributed by atoms with Gasteiger partial charge in [0.25, 0.3) is 0 Å². The van der Waals surface area contributed by atoms with Crippen molar-refractivity contribution in [1.29, 1.82) is 0 Å². The summed E-state index contributed by atoms with van der Waals surface area (Å²) in [6.45, 7) is 5.90. The molecule has 2 rings (SSSR count). The molecule has 1 aromatic heterocycles. The van der Waals surface area contributed by atoms with E-state index in [4.69, 9.17) is 10.5 Å². The molecule has 1 saturated carbocycles. The highest BCUT2D eigenvalue weighted by molar-refractivity contribution is 5.42. The largest absolute Gasteiger partial charge is 0.478 e. The zero-order chi connectivity index (χ0) is 14.4. The number of ether oxygens (including phenoxy) is 1. The number of pyridine rings is 1. The van der Waals surface area contributed by atoms with E-state index < -0.39 is 0 Å². The minimum atomic E-state index is 0.387. The molecular formula is C16H27N3O. The summed E-state index contributed by atoms with van der Waals surface area (Å²) in [4.78, 5) is 7.09. The van der Waals surface area contributed by atoms with Crippen LogP contribution in [0, 0.1) is 0 Å². The first-order valence-corrected chi connectivity index (χ1v) is 7.86. The molecule has 0 radical (unpaired) electrons. The van der Waals surface area contributed by atoms with E-state index in [1.807, 2.05) is 19.1 Å². The van der Waals surface area contributed by atoms with Gasteiger partial charge in [0, 0.05) is 24.7 Å². The van der Waals surface area contributed by atoms with Crippen LogP contribution in [0.5, 0.6) is 5.88 Å². The van der Waals surface area contributed by atoms with Gasteiger partial charge in [-0.25, -0.2) is 0 Å². The van der Waals surface area contributed by atoms with Crippen LogP contribution in [0.15, 0.2) is 18.2 Å². The van der Waals surface area contributed by atoms with Crippen LogP contribution in [0.4, 0.5) is 5.82 Å². The Bertz CT molecular complexity index is 402. The van der Waals surface area contributed by atoms with Crippen LogP contribution in [0.2, 0.25) is 0 Å². The Hall–Kier alpha value is -1.29. The number of rotatable bonds is 6. The molecular weight excluding hydrogens is 250 g/mol. The van der Waals surface area contributed by atoms with Crippen LogP contribution < -0.4 is 15.4 Å². The Kier molecular flexibility index (Phi) is 5.65. The molecule has 1 aliphatic rings. The molecule has 1 fully saturated rings. The Balaban J connectivity index is 2.12. The monoisotopic (exact) mass is 277 g/mol. The Morgan fingerprint density at radius 1 is 1.25 bits per heavy atom. The van der Waals surface area contributed by atoms with Gasteiger partial charge in [0.1, 0.15) is 5.82 Å². The van der Waals surface area contributed by atoms with Crippen molar-refractivity contribution >= 4 is 5.82 Å². The molecule has 4 nitrogen and oxygen atoms in total. The van der Waals surface area contributed by atoms with Crippen molar-refractivity contribution in [2.45, 2.75) is 58.0 Å². The molecule has 0 amide bonds. The van der Waals surface area contributed by atoms with E-state index >= 15 is 0 Å². The highest BCUT2D eigenvalue weighted by Crippen LogP contribution is 2.27. The first-order chi connectivity index (χ1) is 9.74. The van der Waals surface area contributed by atoms with Crippen molar-refractivity contribution < 1.29 is 4.74 Å². The number of hydrogen-bond acceptors (Lipinski definition) is 4. The van der Waals surface area contributed by atoms with E-state index in [9.17, 15) is 0 Å². The molecule has 1 aliphatic carbocycles. The average Bonchev–Trinajstić information content (AvgIpc) is 2.47. The average molecular weight is 277 g/mol. The van der Waals surface area contributed by atoms with Gasteiger partial charge < -0.3 is 15.4 Å². The highest BCUT2D eigenvalue weighted by atomic mass is 16.5. The van der Waals surface area contributed by atoms with Gasteiger partial charge in [-0.15, -0.1) is 0 Å². The van der Waals surface area contributed by atoms with Crippen LogP contribution in [0.3, 0.4) is 0 Å². The first kappa shape index (κ1) is 15.1. The predicted octanol–water partition coefficient (Wildman–Crippen LogP) is 2.97. The molecule has 0 saturated heterocycles. The summed E-state index contributed by atoms with van der Waals surface area (Å²) in [7, 11) is 0.